The highest BCUT2D eigenvalue weighted by Gasteiger charge is 2.33. The Morgan fingerprint density at radius 2 is 2.08 bits per heavy atom. The van der Waals surface area contributed by atoms with E-state index in [1.54, 1.807) is 7.05 Å². The summed E-state index contributed by atoms with van der Waals surface area (Å²) in [6.07, 6.45) is -4.02. The Kier molecular flexibility index (Phi) is 5.50. The van der Waals surface area contributed by atoms with Crippen LogP contribution in [0.5, 0.6) is 11.5 Å². The van der Waals surface area contributed by atoms with Crippen LogP contribution in [0.3, 0.4) is 0 Å². The second-order valence-electron chi connectivity index (χ2n) is 5.41. The van der Waals surface area contributed by atoms with Crippen LogP contribution in [0, 0.1) is 0 Å². The van der Waals surface area contributed by atoms with Gasteiger partial charge < -0.3 is 20.1 Å². The number of guanidine groups is 1. The van der Waals surface area contributed by atoms with Crippen molar-refractivity contribution in [3.05, 3.63) is 39.8 Å². The van der Waals surface area contributed by atoms with Crippen molar-refractivity contribution in [3.63, 3.8) is 0 Å². The lowest BCUT2D eigenvalue weighted by molar-refractivity contribution is -0.140. The van der Waals surface area contributed by atoms with Gasteiger partial charge in [0.15, 0.2) is 23.2 Å². The number of aliphatic imine (C=N–C) groups is 1. The highest BCUT2D eigenvalue weighted by Crippen LogP contribution is 2.32. The normalized spacial score (nSPS) is 13.8. The van der Waals surface area contributed by atoms with Crippen molar-refractivity contribution < 1.29 is 22.6 Å². The topological polar surface area (TPSA) is 67.8 Å². The molecule has 10 heteroatoms. The molecule has 0 bridgehead atoms. The minimum absolute atomic E-state index is 0.224. The molecule has 0 unspecified atom stereocenters. The van der Waals surface area contributed by atoms with E-state index in [4.69, 9.17) is 9.47 Å². The molecule has 1 aromatic carbocycles. The van der Waals surface area contributed by atoms with Gasteiger partial charge in [0.05, 0.1) is 5.01 Å². The van der Waals surface area contributed by atoms with Crippen molar-refractivity contribution in [3.8, 4) is 11.5 Å². The van der Waals surface area contributed by atoms with Gasteiger partial charge in [-0.2, -0.15) is 13.2 Å². The number of halogens is 3. The molecule has 1 aromatic heterocycles. The van der Waals surface area contributed by atoms with E-state index in [1.807, 2.05) is 18.2 Å². The first-order valence-electron chi connectivity index (χ1n) is 7.80. The van der Waals surface area contributed by atoms with E-state index in [0.29, 0.717) is 36.2 Å². The van der Waals surface area contributed by atoms with Crippen molar-refractivity contribution in [2.75, 3.05) is 20.4 Å². The quantitative estimate of drug-likeness (QED) is 0.611. The zero-order valence-corrected chi connectivity index (χ0v) is 14.7. The molecule has 0 spiro atoms. The van der Waals surface area contributed by atoms with Crippen molar-refractivity contribution in [1.82, 2.24) is 15.6 Å². The average Bonchev–Trinajstić information content (AvgIpc) is 3.26. The molecule has 26 heavy (non-hydrogen) atoms. The first kappa shape index (κ1) is 18.3. The largest absolute Gasteiger partial charge is 0.454 e. The first-order valence-corrected chi connectivity index (χ1v) is 8.68. The van der Waals surface area contributed by atoms with E-state index in [2.05, 4.69) is 20.6 Å². The Balaban J connectivity index is 1.45. The summed E-state index contributed by atoms with van der Waals surface area (Å²) in [7, 11) is 1.63. The number of nitrogens with zero attached hydrogens (tertiary/aromatic N) is 2. The third-order valence-electron chi connectivity index (χ3n) is 3.59. The van der Waals surface area contributed by atoms with Gasteiger partial charge in [0, 0.05) is 31.9 Å². The summed E-state index contributed by atoms with van der Waals surface area (Å²) in [5, 5.41) is 7.65. The number of hydrogen-bond acceptors (Lipinski definition) is 5. The number of fused-ring (bicyclic) bond motifs is 1. The Bertz CT molecular complexity index is 792. The number of hydrogen-bond donors (Lipinski definition) is 2. The van der Waals surface area contributed by atoms with Crippen LogP contribution in [0.2, 0.25) is 0 Å². The summed E-state index contributed by atoms with van der Waals surface area (Å²) in [5.41, 5.74) is 0.148. The van der Waals surface area contributed by atoms with Crippen LogP contribution in [0.4, 0.5) is 13.2 Å². The number of aromatic nitrogens is 1. The van der Waals surface area contributed by atoms with E-state index in [1.165, 1.54) is 0 Å². The summed E-state index contributed by atoms with van der Waals surface area (Å²) in [4.78, 5) is 7.69. The molecule has 0 aliphatic carbocycles. The maximum Gasteiger partial charge on any atom is 0.434 e. The summed E-state index contributed by atoms with van der Waals surface area (Å²) >= 11 is 1.00. The van der Waals surface area contributed by atoms with Crippen molar-refractivity contribution >= 4 is 17.3 Å². The molecule has 0 amide bonds. The zero-order chi connectivity index (χ0) is 18.6. The molecule has 140 valence electrons. The van der Waals surface area contributed by atoms with Gasteiger partial charge in [-0.1, -0.05) is 6.07 Å². The molecule has 0 fully saturated rings. The number of alkyl halides is 3. The van der Waals surface area contributed by atoms with Crippen molar-refractivity contribution in [2.45, 2.75) is 19.1 Å². The molecule has 3 rings (SSSR count). The van der Waals surface area contributed by atoms with Crippen LogP contribution in [-0.4, -0.2) is 31.3 Å². The number of nitrogens with one attached hydrogen (secondary N) is 2. The predicted octanol–water partition coefficient (Wildman–Crippen LogP) is 2.80. The third-order valence-corrected chi connectivity index (χ3v) is 4.50. The fourth-order valence-corrected chi connectivity index (χ4v) is 3.11. The molecule has 1 aliphatic rings. The predicted molar refractivity (Wildman–Crippen MR) is 91.6 cm³/mol. The Morgan fingerprint density at radius 3 is 2.81 bits per heavy atom. The standard InChI is InChI=1S/C16H17F3N4O2S/c1-20-15(21-5-4-14-23-13(8-26-14)16(17,18)19)22-7-10-2-3-11-12(6-10)25-9-24-11/h2-3,6,8H,4-5,7,9H2,1H3,(H2,20,21,22). The van der Waals surface area contributed by atoms with E-state index in [9.17, 15) is 13.2 Å². The molecule has 2 aromatic rings. The second kappa shape index (κ2) is 7.81. The summed E-state index contributed by atoms with van der Waals surface area (Å²) in [6, 6.07) is 5.65. The molecular formula is C16H17F3N4O2S. The van der Waals surface area contributed by atoms with Gasteiger partial charge in [0.25, 0.3) is 0 Å². The molecule has 2 heterocycles. The monoisotopic (exact) mass is 386 g/mol. The van der Waals surface area contributed by atoms with E-state index < -0.39 is 11.9 Å². The molecular weight excluding hydrogens is 369 g/mol. The lowest BCUT2D eigenvalue weighted by Crippen LogP contribution is -2.37. The zero-order valence-electron chi connectivity index (χ0n) is 13.9. The van der Waals surface area contributed by atoms with Gasteiger partial charge in [-0.05, 0) is 17.7 Å². The van der Waals surface area contributed by atoms with E-state index >= 15 is 0 Å². The van der Waals surface area contributed by atoms with Gasteiger partial charge in [-0.25, -0.2) is 4.98 Å². The average molecular weight is 386 g/mol. The number of thiazole rings is 1. The summed E-state index contributed by atoms with van der Waals surface area (Å²) < 4.78 is 48.2. The van der Waals surface area contributed by atoms with Gasteiger partial charge in [0.1, 0.15) is 0 Å². The molecule has 2 N–H and O–H groups in total. The Hall–Kier alpha value is -2.49. The molecule has 0 saturated heterocycles. The third kappa shape index (κ3) is 4.57. The summed E-state index contributed by atoms with van der Waals surface area (Å²) in [5.74, 6) is 1.98. The van der Waals surface area contributed by atoms with Gasteiger partial charge in [-0.15, -0.1) is 11.3 Å². The van der Waals surface area contributed by atoms with Crippen LogP contribution >= 0.6 is 11.3 Å². The SMILES string of the molecule is CN=C(NCCc1nc(C(F)(F)F)cs1)NCc1ccc2c(c1)OCO2. The number of rotatable bonds is 5. The fourth-order valence-electron chi connectivity index (χ4n) is 2.30. The maximum absolute atomic E-state index is 12.5. The van der Waals surface area contributed by atoms with E-state index in [-0.39, 0.29) is 6.79 Å². The Morgan fingerprint density at radius 1 is 1.27 bits per heavy atom. The maximum atomic E-state index is 12.5. The van der Waals surface area contributed by atoms with E-state index in [0.717, 1.165) is 28.0 Å². The molecule has 1 aliphatic heterocycles. The van der Waals surface area contributed by atoms with Crippen molar-refractivity contribution in [1.29, 1.82) is 0 Å². The molecule has 0 atom stereocenters. The number of ether oxygens (including phenoxy) is 2. The number of benzene rings is 1. The second-order valence-corrected chi connectivity index (χ2v) is 6.36. The van der Waals surface area contributed by atoms with Crippen LogP contribution < -0.4 is 20.1 Å². The lowest BCUT2D eigenvalue weighted by Gasteiger charge is -2.11. The Labute approximate surface area is 152 Å². The molecule has 0 radical (unpaired) electrons. The fraction of sp³-hybridized carbons (Fsp3) is 0.375. The minimum Gasteiger partial charge on any atom is -0.454 e. The van der Waals surface area contributed by atoms with Crippen molar-refractivity contribution in [2.24, 2.45) is 4.99 Å². The van der Waals surface area contributed by atoms with Crippen LogP contribution in [-0.2, 0) is 19.1 Å². The first-order chi connectivity index (χ1) is 12.5. The molecule has 6 nitrogen and oxygen atoms in total. The lowest BCUT2D eigenvalue weighted by atomic mass is 10.2. The van der Waals surface area contributed by atoms with Crippen LogP contribution in [0.15, 0.2) is 28.6 Å². The van der Waals surface area contributed by atoms with Gasteiger partial charge in [0.2, 0.25) is 6.79 Å². The highest BCUT2D eigenvalue weighted by molar-refractivity contribution is 7.09. The minimum atomic E-state index is -4.40. The van der Waals surface area contributed by atoms with Crippen LogP contribution in [0.25, 0.3) is 0 Å². The molecule has 0 saturated carbocycles. The van der Waals surface area contributed by atoms with Gasteiger partial charge in [-0.3, -0.25) is 4.99 Å². The smallest absolute Gasteiger partial charge is 0.434 e. The highest BCUT2D eigenvalue weighted by atomic mass is 32.1. The van der Waals surface area contributed by atoms with Gasteiger partial charge >= 0.3 is 6.18 Å². The summed E-state index contributed by atoms with van der Waals surface area (Å²) in [6.45, 7) is 1.17. The van der Waals surface area contributed by atoms with Crippen LogP contribution in [0.1, 0.15) is 16.3 Å².